The zero-order valence-electron chi connectivity index (χ0n) is 14.4. The number of hydrazine groups is 1. The smallest absolute Gasteiger partial charge is 0.285 e. The number of benzene rings is 2. The summed E-state index contributed by atoms with van der Waals surface area (Å²) >= 11 is 0. The van der Waals surface area contributed by atoms with Gasteiger partial charge in [-0.25, -0.2) is 10.5 Å². The van der Waals surface area contributed by atoms with Crippen molar-refractivity contribution in [1.29, 1.82) is 0 Å². The number of rotatable bonds is 4. The fourth-order valence-corrected chi connectivity index (χ4v) is 2.69. The van der Waals surface area contributed by atoms with Gasteiger partial charge in [0.05, 0.1) is 18.5 Å². The Labute approximate surface area is 146 Å². The lowest BCUT2D eigenvalue weighted by Crippen LogP contribution is -2.30. The van der Waals surface area contributed by atoms with Crippen LogP contribution in [0.4, 0.5) is 0 Å². The number of methoxy groups -OCH3 is 1. The van der Waals surface area contributed by atoms with Crippen LogP contribution >= 0.6 is 0 Å². The molecule has 1 aromatic heterocycles. The third kappa shape index (κ3) is 3.25. The van der Waals surface area contributed by atoms with Gasteiger partial charge < -0.3 is 4.74 Å². The number of nitrogen functional groups attached to an aromatic ring is 1. The number of carbonyl (C=O) groups is 1. The van der Waals surface area contributed by atoms with Crippen molar-refractivity contribution in [1.82, 2.24) is 15.2 Å². The van der Waals surface area contributed by atoms with Gasteiger partial charge in [-0.3, -0.25) is 10.2 Å². The molecule has 0 saturated carbocycles. The highest BCUT2D eigenvalue weighted by Crippen LogP contribution is 2.28. The Morgan fingerprint density at radius 2 is 1.84 bits per heavy atom. The Morgan fingerprint density at radius 3 is 2.48 bits per heavy atom. The molecule has 1 amide bonds. The molecule has 3 rings (SSSR count). The molecule has 0 aliphatic rings. The maximum absolute atomic E-state index is 12.0. The van der Waals surface area contributed by atoms with E-state index in [1.54, 1.807) is 17.9 Å². The van der Waals surface area contributed by atoms with Crippen molar-refractivity contribution in [3.8, 4) is 22.7 Å². The quantitative estimate of drug-likeness (QED) is 0.436. The van der Waals surface area contributed by atoms with Gasteiger partial charge in [0.1, 0.15) is 5.75 Å². The summed E-state index contributed by atoms with van der Waals surface area (Å²) in [4.78, 5) is 12.0. The van der Waals surface area contributed by atoms with Crippen molar-refractivity contribution in [2.75, 3.05) is 7.11 Å². The van der Waals surface area contributed by atoms with E-state index in [0.29, 0.717) is 0 Å². The van der Waals surface area contributed by atoms with Gasteiger partial charge in [0.15, 0.2) is 5.69 Å². The molecule has 3 aromatic rings. The number of hydrogen-bond acceptors (Lipinski definition) is 4. The van der Waals surface area contributed by atoms with Gasteiger partial charge in [-0.1, -0.05) is 17.7 Å². The molecule has 128 valence electrons. The summed E-state index contributed by atoms with van der Waals surface area (Å²) in [7, 11) is 1.62. The average Bonchev–Trinajstić information content (AvgIpc) is 3.08. The Kier molecular flexibility index (Phi) is 4.54. The molecule has 0 spiro atoms. The fraction of sp³-hybridized carbons (Fsp3) is 0.158. The zero-order valence-corrected chi connectivity index (χ0v) is 14.4. The van der Waals surface area contributed by atoms with E-state index >= 15 is 0 Å². The number of carbonyl (C=O) groups excluding carboxylic acids is 1. The highest BCUT2D eigenvalue weighted by Gasteiger charge is 2.17. The van der Waals surface area contributed by atoms with E-state index < -0.39 is 5.91 Å². The van der Waals surface area contributed by atoms with E-state index in [-0.39, 0.29) is 5.69 Å². The molecule has 0 aliphatic heterocycles. The summed E-state index contributed by atoms with van der Waals surface area (Å²) in [5, 5.41) is 4.44. The fourth-order valence-electron chi connectivity index (χ4n) is 2.69. The SMILES string of the molecule is COc1ccc(-n2nc(C(=O)NN)cc2-c2cc(C)ccc2C)cc1. The van der Waals surface area contributed by atoms with Gasteiger partial charge in [0, 0.05) is 5.56 Å². The van der Waals surface area contributed by atoms with Crippen LogP contribution < -0.4 is 16.0 Å². The van der Waals surface area contributed by atoms with Gasteiger partial charge in [-0.2, -0.15) is 5.10 Å². The summed E-state index contributed by atoms with van der Waals surface area (Å²) in [5.74, 6) is 5.59. The van der Waals surface area contributed by atoms with Crippen LogP contribution in [0, 0.1) is 13.8 Å². The first kappa shape index (κ1) is 16.7. The molecule has 0 aliphatic carbocycles. The van der Waals surface area contributed by atoms with Crippen molar-refractivity contribution in [3.05, 3.63) is 65.4 Å². The highest BCUT2D eigenvalue weighted by atomic mass is 16.5. The van der Waals surface area contributed by atoms with Crippen LogP contribution in [0.1, 0.15) is 21.6 Å². The number of aryl methyl sites for hydroxylation is 2. The summed E-state index contributed by atoms with van der Waals surface area (Å²) in [6.07, 6.45) is 0. The number of hydrogen-bond donors (Lipinski definition) is 2. The van der Waals surface area contributed by atoms with E-state index in [0.717, 1.165) is 33.8 Å². The van der Waals surface area contributed by atoms with Crippen molar-refractivity contribution in [3.63, 3.8) is 0 Å². The van der Waals surface area contributed by atoms with Crippen LogP contribution in [0.25, 0.3) is 16.9 Å². The Morgan fingerprint density at radius 1 is 1.12 bits per heavy atom. The lowest BCUT2D eigenvalue weighted by atomic mass is 10.0. The molecular formula is C19H20N4O2. The molecule has 0 unspecified atom stereocenters. The van der Waals surface area contributed by atoms with Crippen molar-refractivity contribution >= 4 is 5.91 Å². The minimum atomic E-state index is -0.432. The molecule has 0 fully saturated rings. The third-order valence-corrected chi connectivity index (χ3v) is 4.06. The number of ether oxygens (including phenoxy) is 1. The normalized spacial score (nSPS) is 10.6. The monoisotopic (exact) mass is 336 g/mol. The van der Waals surface area contributed by atoms with E-state index in [1.165, 1.54) is 0 Å². The topological polar surface area (TPSA) is 82.2 Å². The van der Waals surface area contributed by atoms with Crippen LogP contribution in [0.15, 0.2) is 48.5 Å². The lowest BCUT2D eigenvalue weighted by Gasteiger charge is -2.11. The third-order valence-electron chi connectivity index (χ3n) is 4.06. The maximum atomic E-state index is 12.0. The molecule has 6 heteroatoms. The molecule has 0 radical (unpaired) electrons. The average molecular weight is 336 g/mol. The van der Waals surface area contributed by atoms with Gasteiger partial charge in [0.2, 0.25) is 0 Å². The number of nitrogens with zero attached hydrogens (tertiary/aromatic N) is 2. The van der Waals surface area contributed by atoms with Crippen molar-refractivity contribution < 1.29 is 9.53 Å². The summed E-state index contributed by atoms with van der Waals surface area (Å²) in [6, 6.07) is 15.4. The standard InChI is InChI=1S/C19H20N4O2/c1-12-4-5-13(2)16(10-12)18-11-17(19(24)21-20)22-23(18)14-6-8-15(25-3)9-7-14/h4-11H,20H2,1-3H3,(H,21,24). The first-order valence-corrected chi connectivity index (χ1v) is 7.86. The van der Waals surface area contributed by atoms with E-state index in [9.17, 15) is 4.79 Å². The molecular weight excluding hydrogens is 316 g/mol. The largest absolute Gasteiger partial charge is 0.497 e. The molecule has 6 nitrogen and oxygen atoms in total. The first-order chi connectivity index (χ1) is 12.0. The van der Waals surface area contributed by atoms with Gasteiger partial charge in [0.25, 0.3) is 5.91 Å². The minimum absolute atomic E-state index is 0.259. The number of nitrogens with one attached hydrogen (secondary N) is 1. The predicted octanol–water partition coefficient (Wildman–Crippen LogP) is 2.77. The molecule has 0 saturated heterocycles. The second-order valence-corrected chi connectivity index (χ2v) is 5.82. The van der Waals surface area contributed by atoms with Crippen molar-refractivity contribution in [2.45, 2.75) is 13.8 Å². The first-order valence-electron chi connectivity index (χ1n) is 7.86. The van der Waals surface area contributed by atoms with Crippen LogP contribution in [0.2, 0.25) is 0 Å². The lowest BCUT2D eigenvalue weighted by molar-refractivity contribution is 0.0948. The predicted molar refractivity (Wildman–Crippen MR) is 96.7 cm³/mol. The maximum Gasteiger partial charge on any atom is 0.285 e. The highest BCUT2D eigenvalue weighted by molar-refractivity contribution is 5.93. The van der Waals surface area contributed by atoms with Crippen molar-refractivity contribution in [2.24, 2.45) is 5.84 Å². The molecule has 2 aromatic carbocycles. The van der Waals surface area contributed by atoms with Gasteiger partial charge >= 0.3 is 0 Å². The molecule has 3 N–H and O–H groups in total. The molecule has 0 bridgehead atoms. The minimum Gasteiger partial charge on any atom is -0.497 e. The summed E-state index contributed by atoms with van der Waals surface area (Å²) in [6.45, 7) is 4.06. The molecule has 0 atom stereocenters. The zero-order chi connectivity index (χ0) is 18.0. The second kappa shape index (κ2) is 6.78. The Bertz CT molecular complexity index is 914. The van der Waals surface area contributed by atoms with E-state index in [4.69, 9.17) is 10.6 Å². The summed E-state index contributed by atoms with van der Waals surface area (Å²) < 4.78 is 6.95. The van der Waals surface area contributed by atoms with Crippen LogP contribution in [-0.4, -0.2) is 22.8 Å². The summed E-state index contributed by atoms with van der Waals surface area (Å²) in [5.41, 5.74) is 7.29. The van der Waals surface area contributed by atoms with Crippen LogP contribution in [-0.2, 0) is 0 Å². The van der Waals surface area contributed by atoms with Crippen LogP contribution in [0.3, 0.4) is 0 Å². The van der Waals surface area contributed by atoms with Gasteiger partial charge in [-0.15, -0.1) is 0 Å². The van der Waals surface area contributed by atoms with E-state index in [2.05, 4.69) is 28.7 Å². The molecule has 1 heterocycles. The Balaban J connectivity index is 2.20. The number of amides is 1. The van der Waals surface area contributed by atoms with E-state index in [1.807, 2.05) is 38.1 Å². The Hall–Kier alpha value is -3.12. The second-order valence-electron chi connectivity index (χ2n) is 5.82. The molecule has 25 heavy (non-hydrogen) atoms. The van der Waals surface area contributed by atoms with Crippen LogP contribution in [0.5, 0.6) is 5.75 Å². The number of aromatic nitrogens is 2. The number of nitrogens with two attached hydrogens (primary N) is 1. The van der Waals surface area contributed by atoms with Gasteiger partial charge in [-0.05, 0) is 55.8 Å².